The Bertz CT molecular complexity index is 708. The third-order valence-corrected chi connectivity index (χ3v) is 3.71. The molecule has 1 fully saturated rings. The molecule has 0 spiro atoms. The molecule has 22 heavy (non-hydrogen) atoms. The maximum absolute atomic E-state index is 12.1. The minimum Gasteiger partial charge on any atom is -0.480 e. The molecule has 1 atom stereocenters. The van der Waals surface area contributed by atoms with Crippen molar-refractivity contribution in [2.24, 2.45) is 0 Å². The molecule has 3 rings (SSSR count). The van der Waals surface area contributed by atoms with Crippen molar-refractivity contribution in [3.05, 3.63) is 30.3 Å². The maximum Gasteiger partial charge on any atom is 0.329 e. The summed E-state index contributed by atoms with van der Waals surface area (Å²) in [4.78, 5) is 24.4. The van der Waals surface area contributed by atoms with Crippen LogP contribution in [-0.2, 0) is 9.59 Å². The molecule has 0 radical (unpaired) electrons. The summed E-state index contributed by atoms with van der Waals surface area (Å²) in [7, 11) is 0. The third kappa shape index (κ3) is 2.54. The summed E-state index contributed by atoms with van der Waals surface area (Å²) in [6, 6.07) is 8.55. The van der Waals surface area contributed by atoms with E-state index in [1.165, 1.54) is 4.80 Å². The molecule has 1 heterocycles. The zero-order valence-electron chi connectivity index (χ0n) is 11.9. The second kappa shape index (κ2) is 5.21. The average molecular weight is 301 g/mol. The Hall–Kier alpha value is -2.77. The number of nitrogens with one attached hydrogen (secondary N) is 1. The van der Waals surface area contributed by atoms with E-state index in [0.29, 0.717) is 18.7 Å². The van der Waals surface area contributed by atoms with Crippen molar-refractivity contribution in [3.63, 3.8) is 0 Å². The van der Waals surface area contributed by atoms with Crippen molar-refractivity contribution in [1.82, 2.24) is 25.5 Å². The van der Waals surface area contributed by atoms with Crippen LogP contribution in [0.4, 0.5) is 0 Å². The van der Waals surface area contributed by atoms with Gasteiger partial charge in [0.05, 0.1) is 0 Å². The van der Waals surface area contributed by atoms with E-state index < -0.39 is 23.5 Å². The van der Waals surface area contributed by atoms with Crippen molar-refractivity contribution in [1.29, 1.82) is 0 Å². The fourth-order valence-corrected chi connectivity index (χ4v) is 2.05. The molecule has 0 aliphatic heterocycles. The molecule has 1 saturated carbocycles. The summed E-state index contributed by atoms with van der Waals surface area (Å²) < 4.78 is 0. The van der Waals surface area contributed by atoms with Gasteiger partial charge in [0, 0.05) is 5.56 Å². The fraction of sp³-hybridized carbons (Fsp3) is 0.357. The lowest BCUT2D eigenvalue weighted by molar-refractivity contribution is -0.143. The lowest BCUT2D eigenvalue weighted by Crippen LogP contribution is -2.45. The van der Waals surface area contributed by atoms with Crippen LogP contribution in [0.5, 0.6) is 0 Å². The van der Waals surface area contributed by atoms with Gasteiger partial charge in [0.25, 0.3) is 0 Å². The first kappa shape index (κ1) is 14.2. The number of benzene rings is 1. The quantitative estimate of drug-likeness (QED) is 0.838. The lowest BCUT2D eigenvalue weighted by atomic mass is 10.2. The Morgan fingerprint density at radius 2 is 2.00 bits per heavy atom. The number of aromatic nitrogens is 4. The second-order valence-electron chi connectivity index (χ2n) is 5.35. The summed E-state index contributed by atoms with van der Waals surface area (Å²) in [6.45, 7) is 1.60. The van der Waals surface area contributed by atoms with E-state index in [9.17, 15) is 9.59 Å². The van der Waals surface area contributed by atoms with Crippen LogP contribution in [-0.4, -0.2) is 42.7 Å². The molecule has 8 heteroatoms. The standard InChI is InChI=1S/C14H15N5O3/c1-9(12(20)15-14(7-8-14)13(21)22)19-17-11(16-18-19)10-5-3-2-4-6-10/h2-6,9H,7-8H2,1H3,(H,15,20)(H,21,22). The van der Waals surface area contributed by atoms with Crippen LogP contribution in [0, 0.1) is 0 Å². The molecule has 8 nitrogen and oxygen atoms in total. The van der Waals surface area contributed by atoms with E-state index in [1.54, 1.807) is 6.92 Å². The highest BCUT2D eigenvalue weighted by molar-refractivity contribution is 5.90. The Morgan fingerprint density at radius 3 is 2.59 bits per heavy atom. The highest BCUT2D eigenvalue weighted by atomic mass is 16.4. The molecule has 1 aliphatic carbocycles. The molecule has 0 bridgehead atoms. The van der Waals surface area contributed by atoms with Gasteiger partial charge in [0.15, 0.2) is 0 Å². The van der Waals surface area contributed by atoms with Gasteiger partial charge in [-0.25, -0.2) is 4.79 Å². The summed E-state index contributed by atoms with van der Waals surface area (Å²) in [6.07, 6.45) is 0.891. The molecule has 1 aromatic heterocycles. The first-order chi connectivity index (χ1) is 10.5. The summed E-state index contributed by atoms with van der Waals surface area (Å²) >= 11 is 0. The smallest absolute Gasteiger partial charge is 0.329 e. The van der Waals surface area contributed by atoms with Crippen LogP contribution in [0.25, 0.3) is 11.4 Å². The predicted octanol–water partition coefficient (Wildman–Crippen LogP) is 0.634. The van der Waals surface area contributed by atoms with Gasteiger partial charge in [-0.15, -0.1) is 10.2 Å². The van der Waals surface area contributed by atoms with Crippen LogP contribution < -0.4 is 5.32 Å². The van der Waals surface area contributed by atoms with Gasteiger partial charge in [-0.05, 0) is 25.0 Å². The number of carbonyl (C=O) groups excluding carboxylic acids is 1. The fourth-order valence-electron chi connectivity index (χ4n) is 2.05. The number of amides is 1. The molecule has 2 aromatic rings. The Balaban J connectivity index is 1.73. The number of carboxylic acids is 1. The number of carbonyl (C=O) groups is 2. The number of hydrogen-bond donors (Lipinski definition) is 2. The highest BCUT2D eigenvalue weighted by Gasteiger charge is 2.52. The molecule has 114 valence electrons. The largest absolute Gasteiger partial charge is 0.480 e. The van der Waals surface area contributed by atoms with Gasteiger partial charge < -0.3 is 10.4 Å². The number of aliphatic carboxylic acids is 1. The minimum atomic E-state index is -1.12. The van der Waals surface area contributed by atoms with Crippen molar-refractivity contribution in [3.8, 4) is 11.4 Å². The van der Waals surface area contributed by atoms with Crippen molar-refractivity contribution >= 4 is 11.9 Å². The van der Waals surface area contributed by atoms with Gasteiger partial charge in [0.1, 0.15) is 11.6 Å². The third-order valence-electron chi connectivity index (χ3n) is 3.71. The van der Waals surface area contributed by atoms with E-state index in [1.807, 2.05) is 30.3 Å². The number of nitrogens with zero attached hydrogens (tertiary/aromatic N) is 4. The molecule has 1 amide bonds. The van der Waals surface area contributed by atoms with Gasteiger partial charge in [-0.2, -0.15) is 4.80 Å². The van der Waals surface area contributed by atoms with E-state index in [-0.39, 0.29) is 0 Å². The Labute approximate surface area is 126 Å². The Morgan fingerprint density at radius 1 is 1.32 bits per heavy atom. The normalized spacial score (nSPS) is 16.8. The zero-order valence-corrected chi connectivity index (χ0v) is 11.9. The highest BCUT2D eigenvalue weighted by Crippen LogP contribution is 2.35. The number of tetrazole rings is 1. The Kier molecular flexibility index (Phi) is 3.36. The SMILES string of the molecule is CC(C(=O)NC1(C(=O)O)CC1)n1nnc(-c2ccccc2)n1. The molecule has 1 aliphatic rings. The van der Waals surface area contributed by atoms with E-state index >= 15 is 0 Å². The van der Waals surface area contributed by atoms with Gasteiger partial charge >= 0.3 is 5.97 Å². The molecule has 1 unspecified atom stereocenters. The monoisotopic (exact) mass is 301 g/mol. The van der Waals surface area contributed by atoms with Crippen molar-refractivity contribution in [2.45, 2.75) is 31.3 Å². The minimum absolute atomic E-state index is 0.416. The number of rotatable bonds is 5. The van der Waals surface area contributed by atoms with Crippen molar-refractivity contribution in [2.75, 3.05) is 0 Å². The molecular weight excluding hydrogens is 286 g/mol. The van der Waals surface area contributed by atoms with E-state index in [2.05, 4.69) is 20.7 Å². The predicted molar refractivity (Wildman–Crippen MR) is 75.7 cm³/mol. The molecule has 0 saturated heterocycles. The summed E-state index contributed by atoms with van der Waals surface area (Å²) in [5.41, 5.74) is -0.320. The molecule has 2 N–H and O–H groups in total. The molecular formula is C14H15N5O3. The molecule has 1 aromatic carbocycles. The van der Waals surface area contributed by atoms with E-state index in [0.717, 1.165) is 5.56 Å². The second-order valence-corrected chi connectivity index (χ2v) is 5.35. The number of carboxylic acid groups (broad SMARTS) is 1. The first-order valence-corrected chi connectivity index (χ1v) is 6.92. The summed E-state index contributed by atoms with van der Waals surface area (Å²) in [5.74, 6) is -1.03. The van der Waals surface area contributed by atoms with Crippen LogP contribution in [0.3, 0.4) is 0 Å². The summed E-state index contributed by atoms with van der Waals surface area (Å²) in [5, 5.41) is 23.6. The van der Waals surface area contributed by atoms with Crippen LogP contribution in [0.15, 0.2) is 30.3 Å². The van der Waals surface area contributed by atoms with E-state index in [4.69, 9.17) is 5.11 Å². The zero-order chi connectivity index (χ0) is 15.7. The van der Waals surface area contributed by atoms with Crippen LogP contribution >= 0.6 is 0 Å². The van der Waals surface area contributed by atoms with Crippen molar-refractivity contribution < 1.29 is 14.7 Å². The van der Waals surface area contributed by atoms with Gasteiger partial charge in [-0.1, -0.05) is 30.3 Å². The first-order valence-electron chi connectivity index (χ1n) is 6.92. The van der Waals surface area contributed by atoms with Crippen LogP contribution in [0.1, 0.15) is 25.8 Å². The van der Waals surface area contributed by atoms with Gasteiger partial charge in [0.2, 0.25) is 11.7 Å². The lowest BCUT2D eigenvalue weighted by Gasteiger charge is -2.15. The topological polar surface area (TPSA) is 110 Å². The average Bonchev–Trinajstić information content (AvgIpc) is 3.14. The maximum atomic E-state index is 12.1. The number of hydrogen-bond acceptors (Lipinski definition) is 5. The van der Waals surface area contributed by atoms with Crippen LogP contribution in [0.2, 0.25) is 0 Å². The van der Waals surface area contributed by atoms with Gasteiger partial charge in [-0.3, -0.25) is 4.79 Å².